The van der Waals surface area contributed by atoms with E-state index in [1.54, 1.807) is 6.92 Å². The minimum Gasteiger partial charge on any atom is -0.394 e. The summed E-state index contributed by atoms with van der Waals surface area (Å²) in [4.78, 5) is 11.0. The van der Waals surface area contributed by atoms with Gasteiger partial charge in [0.1, 0.15) is 24.1 Å². The second-order valence-electron chi connectivity index (χ2n) is 5.60. The maximum atomic E-state index is 11.0. The first kappa shape index (κ1) is 17.5. The molecule has 118 valence electrons. The Morgan fingerprint density at radius 3 is 2.20 bits per heavy atom. The van der Waals surface area contributed by atoms with Gasteiger partial charge in [0.05, 0.1) is 12.7 Å². The predicted octanol–water partition coefficient (Wildman–Crippen LogP) is -2.37. The lowest BCUT2D eigenvalue weighted by Crippen LogP contribution is -2.49. The van der Waals surface area contributed by atoms with E-state index in [2.05, 4.69) is 5.32 Å². The van der Waals surface area contributed by atoms with Crippen LogP contribution in [0, 0.1) is 11.8 Å². The normalized spacial score (nSPS) is 28.3. The van der Waals surface area contributed by atoms with E-state index in [4.69, 9.17) is 10.2 Å². The molecule has 0 aromatic carbocycles. The zero-order chi connectivity index (χ0) is 15.3. The molecule has 0 unspecified atom stereocenters. The van der Waals surface area contributed by atoms with Gasteiger partial charge < -0.3 is 30.8 Å². The summed E-state index contributed by atoms with van der Waals surface area (Å²) in [7, 11) is 0. The van der Waals surface area contributed by atoms with E-state index in [0.717, 1.165) is 12.8 Å². The number of carbonyl (C=O) groups is 1. The summed E-state index contributed by atoms with van der Waals surface area (Å²) in [5.74, 6) is 0.748. The summed E-state index contributed by atoms with van der Waals surface area (Å²) < 4.78 is 0. The Labute approximate surface area is 118 Å². The molecule has 1 aliphatic carbocycles. The number of hydrogen-bond donors (Lipinski definition) is 6. The average molecular weight is 291 g/mol. The van der Waals surface area contributed by atoms with E-state index in [1.165, 1.54) is 0 Å². The van der Waals surface area contributed by atoms with Crippen molar-refractivity contribution in [3.8, 4) is 0 Å². The summed E-state index contributed by atoms with van der Waals surface area (Å²) in [5.41, 5.74) is 0. The Morgan fingerprint density at radius 1 is 1.15 bits per heavy atom. The van der Waals surface area contributed by atoms with E-state index in [-0.39, 0.29) is 18.2 Å². The van der Waals surface area contributed by atoms with E-state index in [9.17, 15) is 20.1 Å². The van der Waals surface area contributed by atoms with Crippen LogP contribution in [-0.2, 0) is 4.79 Å². The fourth-order valence-corrected chi connectivity index (χ4v) is 2.35. The fourth-order valence-electron chi connectivity index (χ4n) is 2.35. The minimum absolute atomic E-state index is 0.0671. The lowest BCUT2D eigenvalue weighted by molar-refractivity contribution is -0.124. The maximum Gasteiger partial charge on any atom is 0.132 e. The molecule has 0 saturated heterocycles. The van der Waals surface area contributed by atoms with E-state index in [1.807, 2.05) is 0 Å². The standard InChI is InChI=1S/C13H25NO6/c1-7(16)9-2-8(3-9)4-14-5-10(17)12(19)13(20)11(18)6-15/h8-15,17-20H,2-6H2,1H3/t8?,9?,10-,11+,12+,13+/m0/s1. The molecule has 4 atom stereocenters. The van der Waals surface area contributed by atoms with Crippen LogP contribution in [-0.4, -0.2) is 75.4 Å². The zero-order valence-electron chi connectivity index (χ0n) is 11.6. The van der Waals surface area contributed by atoms with E-state index >= 15 is 0 Å². The van der Waals surface area contributed by atoms with Crippen LogP contribution in [0.2, 0.25) is 0 Å². The molecule has 0 aliphatic heterocycles. The monoisotopic (exact) mass is 291 g/mol. The number of aliphatic hydroxyl groups excluding tert-OH is 5. The van der Waals surface area contributed by atoms with Crippen LogP contribution in [0.25, 0.3) is 0 Å². The molecule has 6 N–H and O–H groups in total. The third-order valence-corrected chi connectivity index (χ3v) is 3.92. The number of aliphatic hydroxyl groups is 5. The molecule has 0 aromatic rings. The molecular formula is C13H25NO6. The van der Waals surface area contributed by atoms with Crippen LogP contribution < -0.4 is 5.32 Å². The van der Waals surface area contributed by atoms with Gasteiger partial charge in [-0.05, 0) is 32.2 Å². The molecule has 0 bridgehead atoms. The SMILES string of the molecule is CC(=O)C1CC(CNC[C@H](O)[C@@H](O)[C@H](O)[C@H](O)CO)C1. The molecule has 1 rings (SSSR count). The highest BCUT2D eigenvalue weighted by atomic mass is 16.4. The second-order valence-corrected chi connectivity index (χ2v) is 5.60. The van der Waals surface area contributed by atoms with Gasteiger partial charge in [0, 0.05) is 12.5 Å². The number of hydrogen-bond acceptors (Lipinski definition) is 7. The molecule has 1 aliphatic rings. The molecule has 0 radical (unpaired) electrons. The first-order valence-corrected chi connectivity index (χ1v) is 6.91. The molecule has 0 amide bonds. The topological polar surface area (TPSA) is 130 Å². The lowest BCUT2D eigenvalue weighted by atomic mass is 9.73. The number of carbonyl (C=O) groups excluding carboxylic acids is 1. The highest BCUT2D eigenvalue weighted by Crippen LogP contribution is 2.33. The third-order valence-electron chi connectivity index (χ3n) is 3.92. The van der Waals surface area contributed by atoms with Crippen molar-refractivity contribution in [2.75, 3.05) is 19.7 Å². The number of ketones is 1. The zero-order valence-corrected chi connectivity index (χ0v) is 11.6. The van der Waals surface area contributed by atoms with Crippen LogP contribution in [0.3, 0.4) is 0 Å². The van der Waals surface area contributed by atoms with Gasteiger partial charge >= 0.3 is 0 Å². The number of rotatable bonds is 9. The van der Waals surface area contributed by atoms with Crippen molar-refractivity contribution in [1.82, 2.24) is 5.32 Å². The smallest absolute Gasteiger partial charge is 0.132 e. The molecule has 0 heterocycles. The number of nitrogens with one attached hydrogen (secondary N) is 1. The Morgan fingerprint density at radius 2 is 1.70 bits per heavy atom. The quantitative estimate of drug-likeness (QED) is 0.280. The molecule has 7 nitrogen and oxygen atoms in total. The van der Waals surface area contributed by atoms with E-state index in [0.29, 0.717) is 12.5 Å². The van der Waals surface area contributed by atoms with Gasteiger partial charge in [-0.3, -0.25) is 4.79 Å². The molecule has 1 fully saturated rings. The Hall–Kier alpha value is -0.570. The summed E-state index contributed by atoms with van der Waals surface area (Å²) in [6, 6.07) is 0. The predicted molar refractivity (Wildman–Crippen MR) is 70.9 cm³/mol. The van der Waals surface area contributed by atoms with Crippen LogP contribution in [0.1, 0.15) is 19.8 Å². The van der Waals surface area contributed by atoms with Crippen molar-refractivity contribution in [2.24, 2.45) is 11.8 Å². The lowest BCUT2D eigenvalue weighted by Gasteiger charge is -2.34. The van der Waals surface area contributed by atoms with Crippen molar-refractivity contribution in [1.29, 1.82) is 0 Å². The Bertz CT molecular complexity index is 307. The third kappa shape index (κ3) is 4.76. The summed E-state index contributed by atoms with van der Waals surface area (Å²) in [6.07, 6.45) is -4.17. The molecular weight excluding hydrogens is 266 g/mol. The Kier molecular flexibility index (Phi) is 7.01. The van der Waals surface area contributed by atoms with Gasteiger partial charge in [-0.25, -0.2) is 0 Å². The summed E-state index contributed by atoms with van der Waals surface area (Å²) >= 11 is 0. The molecule has 1 saturated carbocycles. The van der Waals surface area contributed by atoms with Gasteiger partial charge in [-0.2, -0.15) is 0 Å². The first-order valence-electron chi connectivity index (χ1n) is 6.91. The van der Waals surface area contributed by atoms with Gasteiger partial charge in [0.15, 0.2) is 0 Å². The molecule has 0 spiro atoms. The van der Waals surface area contributed by atoms with Crippen LogP contribution >= 0.6 is 0 Å². The van der Waals surface area contributed by atoms with Gasteiger partial charge in [0.25, 0.3) is 0 Å². The highest BCUT2D eigenvalue weighted by molar-refractivity contribution is 5.79. The van der Waals surface area contributed by atoms with Crippen LogP contribution in [0.4, 0.5) is 0 Å². The van der Waals surface area contributed by atoms with Crippen molar-refractivity contribution in [3.05, 3.63) is 0 Å². The van der Waals surface area contributed by atoms with Crippen molar-refractivity contribution < 1.29 is 30.3 Å². The molecule has 0 aromatic heterocycles. The second kappa shape index (κ2) is 8.02. The first-order chi connectivity index (χ1) is 9.36. The Balaban J connectivity index is 2.17. The largest absolute Gasteiger partial charge is 0.394 e. The van der Waals surface area contributed by atoms with Crippen molar-refractivity contribution >= 4 is 5.78 Å². The summed E-state index contributed by atoms with van der Waals surface area (Å²) in [5, 5.41) is 49.4. The van der Waals surface area contributed by atoms with Crippen molar-refractivity contribution in [2.45, 2.75) is 44.2 Å². The van der Waals surface area contributed by atoms with Crippen LogP contribution in [0.5, 0.6) is 0 Å². The van der Waals surface area contributed by atoms with Gasteiger partial charge in [-0.15, -0.1) is 0 Å². The van der Waals surface area contributed by atoms with Crippen molar-refractivity contribution in [3.63, 3.8) is 0 Å². The fraction of sp³-hybridized carbons (Fsp3) is 0.923. The van der Waals surface area contributed by atoms with Gasteiger partial charge in [0.2, 0.25) is 0 Å². The maximum absolute atomic E-state index is 11.0. The van der Waals surface area contributed by atoms with Gasteiger partial charge in [-0.1, -0.05) is 0 Å². The summed E-state index contributed by atoms with van der Waals surface area (Å²) in [6.45, 7) is 1.60. The average Bonchev–Trinajstić information content (AvgIpc) is 2.37. The molecule has 7 heteroatoms. The number of Topliss-reactive ketones (excluding diaryl/α,β-unsaturated/α-hetero) is 1. The van der Waals surface area contributed by atoms with E-state index < -0.39 is 31.0 Å². The van der Waals surface area contributed by atoms with Crippen LogP contribution in [0.15, 0.2) is 0 Å². The molecule has 20 heavy (non-hydrogen) atoms. The minimum atomic E-state index is -1.59. The highest BCUT2D eigenvalue weighted by Gasteiger charge is 2.33.